The lowest BCUT2D eigenvalue weighted by molar-refractivity contribution is -0.172. The van der Waals surface area contributed by atoms with Gasteiger partial charge >= 0.3 is 12.1 Å². The number of rotatable bonds is 3. The molecule has 0 bridgehead atoms. The number of aryl methyl sites for hydroxylation is 1. The fraction of sp³-hybridized carbons (Fsp3) is 0.407. The van der Waals surface area contributed by atoms with Crippen molar-refractivity contribution in [1.82, 2.24) is 19.8 Å². The first-order chi connectivity index (χ1) is 17.9. The number of hydrogen-bond acceptors (Lipinski definition) is 8. The van der Waals surface area contributed by atoms with Crippen LogP contribution in [0.3, 0.4) is 0 Å². The van der Waals surface area contributed by atoms with Crippen molar-refractivity contribution in [3.63, 3.8) is 0 Å². The molecular formula is C27H28N4O6. The van der Waals surface area contributed by atoms with Gasteiger partial charge in [0, 0.05) is 42.7 Å². The third-order valence-electron chi connectivity index (χ3n) is 7.69. The van der Waals surface area contributed by atoms with Crippen LogP contribution in [-0.2, 0) is 34.7 Å². The van der Waals surface area contributed by atoms with E-state index in [-0.39, 0.29) is 36.3 Å². The predicted molar refractivity (Wildman–Crippen MR) is 134 cm³/mol. The van der Waals surface area contributed by atoms with Crippen molar-refractivity contribution >= 4 is 23.0 Å². The van der Waals surface area contributed by atoms with E-state index in [4.69, 9.17) is 14.5 Å². The van der Waals surface area contributed by atoms with Crippen molar-refractivity contribution in [3.05, 3.63) is 56.9 Å². The molecule has 192 valence electrons. The molecule has 5 heterocycles. The number of pyridine rings is 2. The van der Waals surface area contributed by atoms with E-state index >= 15 is 0 Å². The van der Waals surface area contributed by atoms with Crippen LogP contribution >= 0.6 is 0 Å². The van der Waals surface area contributed by atoms with Gasteiger partial charge in [-0.25, -0.2) is 14.6 Å². The summed E-state index contributed by atoms with van der Waals surface area (Å²) >= 11 is 0. The molecule has 3 aliphatic heterocycles. The van der Waals surface area contributed by atoms with Crippen LogP contribution in [0, 0.1) is 0 Å². The van der Waals surface area contributed by atoms with Crippen LogP contribution in [0.2, 0.25) is 0 Å². The minimum atomic E-state index is -1.91. The van der Waals surface area contributed by atoms with Crippen molar-refractivity contribution < 1.29 is 24.2 Å². The molecule has 1 amide bonds. The first kappa shape index (κ1) is 23.6. The number of amides is 1. The zero-order valence-electron chi connectivity index (χ0n) is 20.8. The third kappa shape index (κ3) is 3.47. The maximum atomic E-state index is 13.6. The number of nitrogens with one attached hydrogen (secondary N) is 1. The number of hydrogen-bond donors (Lipinski definition) is 2. The normalized spacial score (nSPS) is 20.3. The highest BCUT2D eigenvalue weighted by molar-refractivity contribution is 5.95. The molecule has 37 heavy (non-hydrogen) atoms. The van der Waals surface area contributed by atoms with Crippen molar-refractivity contribution in [2.75, 3.05) is 26.2 Å². The smallest absolute Gasteiger partial charge is 0.415 e. The monoisotopic (exact) mass is 504 g/mol. The fourth-order valence-corrected chi connectivity index (χ4v) is 5.53. The van der Waals surface area contributed by atoms with E-state index < -0.39 is 17.7 Å². The number of esters is 1. The van der Waals surface area contributed by atoms with Crippen molar-refractivity contribution in [3.8, 4) is 17.1 Å². The molecule has 0 unspecified atom stereocenters. The lowest BCUT2D eigenvalue weighted by Gasteiger charge is -2.31. The molecule has 1 atom stereocenters. The molecule has 0 aliphatic carbocycles. The van der Waals surface area contributed by atoms with E-state index in [2.05, 4.69) is 5.32 Å². The Bertz CT molecular complexity index is 1520. The van der Waals surface area contributed by atoms with E-state index in [9.17, 15) is 19.5 Å². The van der Waals surface area contributed by atoms with Crippen LogP contribution in [-0.4, -0.2) is 57.8 Å². The molecule has 0 radical (unpaired) electrons. The summed E-state index contributed by atoms with van der Waals surface area (Å²) in [5, 5.41) is 15.1. The van der Waals surface area contributed by atoms with Gasteiger partial charge in [-0.05, 0) is 30.5 Å². The van der Waals surface area contributed by atoms with E-state index in [1.165, 1.54) is 0 Å². The Morgan fingerprint density at radius 3 is 2.73 bits per heavy atom. The molecule has 3 aliphatic rings. The predicted octanol–water partition coefficient (Wildman–Crippen LogP) is 2.05. The average molecular weight is 505 g/mol. The summed E-state index contributed by atoms with van der Waals surface area (Å²) in [7, 11) is 0. The Kier molecular flexibility index (Phi) is 5.54. The van der Waals surface area contributed by atoms with Gasteiger partial charge in [0.1, 0.15) is 12.4 Å². The Morgan fingerprint density at radius 1 is 1.22 bits per heavy atom. The first-order valence-electron chi connectivity index (χ1n) is 12.7. The molecule has 10 heteroatoms. The van der Waals surface area contributed by atoms with Gasteiger partial charge in [0.05, 0.1) is 29.0 Å². The summed E-state index contributed by atoms with van der Waals surface area (Å²) in [5.74, 6) is -0.381. The van der Waals surface area contributed by atoms with Gasteiger partial charge in [-0.1, -0.05) is 26.0 Å². The van der Waals surface area contributed by atoms with Gasteiger partial charge in [0.15, 0.2) is 5.60 Å². The Balaban J connectivity index is 1.57. The topological polar surface area (TPSA) is 123 Å². The standard InChI is InChI=1S/C27H28N4O6/c1-3-15-6-5-7-16-21(15)29-22-17(23(16)37-26(34)30-10-8-28-9-11-30)13-31-20(22)12-19-18(24(31)32)14-36-25(33)27(19,35)4-2/h5-7,12,28,35H,3-4,8-11,13-14H2,1-2H3/t27-/m0/s1. The highest BCUT2D eigenvalue weighted by Gasteiger charge is 2.45. The maximum Gasteiger partial charge on any atom is 0.415 e. The van der Waals surface area contributed by atoms with Crippen LogP contribution in [0.15, 0.2) is 29.1 Å². The molecular weight excluding hydrogens is 476 g/mol. The summed E-state index contributed by atoms with van der Waals surface area (Å²) < 4.78 is 12.8. The molecule has 0 saturated carbocycles. The number of ether oxygens (including phenoxy) is 2. The molecule has 2 N–H and O–H groups in total. The second kappa shape index (κ2) is 8.67. The molecule has 0 spiro atoms. The summed E-state index contributed by atoms with van der Waals surface area (Å²) in [4.78, 5) is 45.9. The van der Waals surface area contributed by atoms with Crippen LogP contribution in [0.1, 0.15) is 42.5 Å². The zero-order valence-corrected chi connectivity index (χ0v) is 20.8. The van der Waals surface area contributed by atoms with Crippen LogP contribution < -0.4 is 15.6 Å². The van der Waals surface area contributed by atoms with Gasteiger partial charge in [-0.2, -0.15) is 0 Å². The zero-order chi connectivity index (χ0) is 25.9. The van der Waals surface area contributed by atoms with E-state index in [1.54, 1.807) is 22.5 Å². The lowest BCUT2D eigenvalue weighted by atomic mass is 9.86. The molecule has 1 saturated heterocycles. The van der Waals surface area contributed by atoms with Crippen LogP contribution in [0.25, 0.3) is 22.3 Å². The van der Waals surface area contributed by atoms with Crippen molar-refractivity contribution in [1.29, 1.82) is 0 Å². The SMILES string of the molecule is CCc1cccc2c(OC(=O)N3CCNCC3)c3c(nc12)-c1cc2c(c(=O)n1C3)COC(=O)[C@]2(O)CC. The lowest BCUT2D eigenvalue weighted by Crippen LogP contribution is -2.47. The number of aromatic nitrogens is 2. The van der Waals surface area contributed by atoms with Gasteiger partial charge < -0.3 is 29.4 Å². The highest BCUT2D eigenvalue weighted by Crippen LogP contribution is 2.43. The van der Waals surface area contributed by atoms with Crippen LogP contribution in [0.4, 0.5) is 4.79 Å². The molecule has 1 fully saturated rings. The summed E-state index contributed by atoms with van der Waals surface area (Å²) in [5.41, 5.74) is 1.51. The van der Waals surface area contributed by atoms with Crippen molar-refractivity contribution in [2.24, 2.45) is 0 Å². The second-order valence-corrected chi connectivity index (χ2v) is 9.64. The maximum absolute atomic E-state index is 13.6. The molecule has 2 aromatic heterocycles. The summed E-state index contributed by atoms with van der Waals surface area (Å²) in [6, 6.07) is 7.43. The number of nitrogens with zero attached hydrogens (tertiary/aromatic N) is 3. The number of fused-ring (bicyclic) bond motifs is 5. The first-order valence-corrected chi connectivity index (χ1v) is 12.7. The molecule has 10 nitrogen and oxygen atoms in total. The number of aliphatic hydroxyl groups is 1. The minimum absolute atomic E-state index is 0.0628. The number of para-hydroxylation sites is 1. The van der Waals surface area contributed by atoms with Crippen LogP contribution in [0.5, 0.6) is 5.75 Å². The highest BCUT2D eigenvalue weighted by atomic mass is 16.6. The van der Waals surface area contributed by atoms with Gasteiger partial charge in [0.25, 0.3) is 5.56 Å². The van der Waals surface area contributed by atoms with Crippen molar-refractivity contribution in [2.45, 2.75) is 45.4 Å². The number of cyclic esters (lactones) is 1. The molecule has 3 aromatic rings. The number of carbonyl (C=O) groups is 2. The Morgan fingerprint density at radius 2 is 2.00 bits per heavy atom. The summed E-state index contributed by atoms with van der Waals surface area (Å²) in [6.07, 6.45) is 0.333. The van der Waals surface area contributed by atoms with Gasteiger partial charge in [-0.15, -0.1) is 0 Å². The number of piperazine rings is 1. The number of benzene rings is 1. The van der Waals surface area contributed by atoms with Gasteiger partial charge in [-0.3, -0.25) is 4.79 Å². The minimum Gasteiger partial charge on any atom is -0.458 e. The molecule has 6 rings (SSSR count). The Labute approximate surface area is 212 Å². The molecule has 1 aromatic carbocycles. The van der Waals surface area contributed by atoms with E-state index in [0.29, 0.717) is 66.2 Å². The quantitative estimate of drug-likeness (QED) is 0.407. The second-order valence-electron chi connectivity index (χ2n) is 9.64. The number of carbonyl (C=O) groups excluding carboxylic acids is 2. The summed E-state index contributed by atoms with van der Waals surface area (Å²) in [6.45, 7) is 6.11. The Hall–Kier alpha value is -3.76. The fourth-order valence-electron chi connectivity index (χ4n) is 5.53. The van der Waals surface area contributed by atoms with E-state index in [0.717, 1.165) is 5.56 Å². The van der Waals surface area contributed by atoms with Gasteiger partial charge in [0.2, 0.25) is 0 Å². The average Bonchev–Trinajstić information content (AvgIpc) is 3.30. The largest absolute Gasteiger partial charge is 0.458 e. The van der Waals surface area contributed by atoms with E-state index in [1.807, 2.05) is 25.1 Å². The third-order valence-corrected chi connectivity index (χ3v) is 7.69.